The Morgan fingerprint density at radius 2 is 1.15 bits per heavy atom. The van der Waals surface area contributed by atoms with Crippen LogP contribution < -0.4 is 0 Å². The second-order valence-electron chi connectivity index (χ2n) is 43.2. The molecule has 1 aliphatic heterocycles. The molecule has 0 aromatic carbocycles. The minimum Gasteiger partial charge on any atom is -0.457 e. The van der Waals surface area contributed by atoms with Gasteiger partial charge in [0.2, 0.25) is 5.76 Å². The summed E-state index contributed by atoms with van der Waals surface area (Å²) in [6, 6.07) is 3.07. The zero-order chi connectivity index (χ0) is 90.6. The maximum atomic E-state index is 17.1. The van der Waals surface area contributed by atoms with Crippen LogP contribution in [0.2, 0.25) is 0 Å². The van der Waals surface area contributed by atoms with Crippen LogP contribution in [0.1, 0.15) is 236 Å². The maximum Gasteiger partial charge on any atom is 0.375 e. The number of Topliss-reactive ketones (excluding diaryl/α,β-unsaturated/α-hetero) is 5. The third-order valence-corrected chi connectivity index (χ3v) is 38.8. The summed E-state index contributed by atoms with van der Waals surface area (Å²) < 4.78 is 40.9. The SMILES string of the molecule is CC(C)(C)C(=O)SCC(=O)[C@@]1(O)CC[C@H]2[C@@H]3CCC4=CC(=O)CC[C@]4(C)[C@H]3[C@@H](O)C[C@@]21C.CC1(C)O[C@@H]2C[C@H]3[C@@H]4CCC5=CC(=O)C=C[C@]5(C)[C@@]4(F)[C@@H](O)C[C@]3(C)[C@]2(C(=O)CO)O1.C[C@@H]1C[C@H]2[C@@H]3CCC4=CC(=O)C=C[C@]4(C)[C@@]3(Cl)[C@@H](O)C[C@]2(C)[C@@]1(OC(=O)c1ccco1)C(=O)CCl.C[C@]12C=CC(=O)C=C1CC[C@@H]1[C@@H]2C(=O)C[C@@]2(C)[C@H]1CC[C@]2(O)C(=O)CO. The molecule has 26 heteroatoms. The van der Waals surface area contributed by atoms with E-state index in [1.54, 1.807) is 51.1 Å². The molecule has 18 rings (SSSR count). The van der Waals surface area contributed by atoms with Crippen LogP contribution in [-0.2, 0) is 62.2 Å². The lowest BCUT2D eigenvalue weighted by atomic mass is 9.44. The first-order valence-electron chi connectivity index (χ1n) is 44.9. The number of rotatable bonds is 11. The fraction of sp³-hybridized carbons (Fsp3) is 0.704. The van der Waals surface area contributed by atoms with Crippen LogP contribution >= 0.6 is 35.0 Å². The summed E-state index contributed by atoms with van der Waals surface area (Å²) in [7, 11) is 0. The molecule has 12 saturated carbocycles. The number of hydrogen-bond donors (Lipinski definition) is 7. The maximum absolute atomic E-state index is 17.1. The van der Waals surface area contributed by atoms with Crippen molar-refractivity contribution in [2.45, 2.75) is 288 Å². The topological polar surface area (TPSA) is 370 Å². The highest BCUT2D eigenvalue weighted by atomic mass is 35.5. The van der Waals surface area contributed by atoms with Crippen molar-refractivity contribution in [2.75, 3.05) is 24.8 Å². The predicted molar refractivity (Wildman–Crippen MR) is 458 cm³/mol. The van der Waals surface area contributed by atoms with Crippen molar-refractivity contribution in [3.05, 3.63) is 107 Å². The lowest BCUT2D eigenvalue weighted by Crippen LogP contribution is -2.70. The molecule has 16 aliphatic carbocycles. The number of alkyl halides is 3. The summed E-state index contributed by atoms with van der Waals surface area (Å²) in [6.07, 6.45) is 25.0. The van der Waals surface area contributed by atoms with E-state index in [0.29, 0.717) is 70.6 Å². The first-order valence-corrected chi connectivity index (χ1v) is 46.8. The second-order valence-corrected chi connectivity index (χ2v) is 45.1. The standard InChI is InChI=1S/C27H30Cl2O6.C26H38O5S.C24H31FO6.C21H26O5/c1-15-11-19-18-7-6-16-12-17(30)8-9-24(16,2)26(18,29)21(31)13-25(19,3)27(15,22(32)14-28)35-23(33)20-5-4-10-34-20;1-23(2,3)22(30)32-14-20(29)26(31)11-9-18-17-7-6-15-12-16(27)8-10-24(15,4)21(17)19(28)13-25(18,26)5;1-20(2)30-19-10-16-15-6-5-13-9-14(27)7-8-21(13,3)23(15,25)17(28)11-22(16,4)24(19,31-20)18(29)12-26;1-19-7-5-13(23)9-12(19)3-4-14-15-6-8-21(26,17(25)11-22)20(15,2)10-16(24)18(14)19/h4-5,8-10,12,15,18-19,21,31H,6-7,11,13-14H2,1-3H3;12,17-19,21,28,31H,6-11,13-14H2,1-5H3;7-9,15-17,19,26,28H,5-6,10-12H2,1-4H3;5,7,9,14-15,18,22,26H,3-4,6,8,10-11H2,1-2H3/t15-,18+,19+,21+,24+,25+,26+,27+;17-,18-,19-,21+,24-,25-,26-;15-,16-,17-,19+,21-,22-,23-,24+;14-,15-,18+,19-,20-,21-/m1000/s1. The number of allylic oxidation sites excluding steroid dienone is 13. The summed E-state index contributed by atoms with van der Waals surface area (Å²) in [5.74, 6) is -4.84. The van der Waals surface area contributed by atoms with Crippen LogP contribution in [0.4, 0.5) is 4.39 Å². The van der Waals surface area contributed by atoms with E-state index in [1.807, 2.05) is 87.5 Å². The third kappa shape index (κ3) is 13.0. The Hall–Kier alpha value is -5.87. The van der Waals surface area contributed by atoms with Crippen molar-refractivity contribution in [3.63, 3.8) is 0 Å². The van der Waals surface area contributed by atoms with Crippen molar-refractivity contribution in [2.24, 2.45) is 114 Å². The van der Waals surface area contributed by atoms with Gasteiger partial charge in [-0.25, -0.2) is 9.18 Å². The van der Waals surface area contributed by atoms with Crippen LogP contribution in [0, 0.1) is 114 Å². The van der Waals surface area contributed by atoms with E-state index in [4.69, 9.17) is 41.8 Å². The molecule has 0 unspecified atom stereocenters. The van der Waals surface area contributed by atoms with E-state index >= 15 is 4.39 Å². The quantitative estimate of drug-likeness (QED) is 0.0799. The predicted octanol–water partition coefficient (Wildman–Crippen LogP) is 13.1. The molecule has 0 bridgehead atoms. The molecule has 0 spiro atoms. The lowest BCUT2D eigenvalue weighted by molar-refractivity contribution is -0.246. The summed E-state index contributed by atoms with van der Waals surface area (Å²) >= 11 is 14.6. The largest absolute Gasteiger partial charge is 0.457 e. The van der Waals surface area contributed by atoms with E-state index < -0.39 is 143 Å². The molecule has 2 heterocycles. The molecule has 29 atom stereocenters. The van der Waals surface area contributed by atoms with Crippen molar-refractivity contribution in [1.82, 2.24) is 0 Å². The van der Waals surface area contributed by atoms with E-state index in [9.17, 15) is 88.5 Å². The van der Waals surface area contributed by atoms with Crippen LogP contribution in [0.3, 0.4) is 0 Å². The number of aliphatic hydroxyl groups is 7. The number of furan rings is 1. The van der Waals surface area contributed by atoms with E-state index in [2.05, 4.69) is 6.92 Å². The van der Waals surface area contributed by atoms with E-state index in [-0.39, 0.29) is 147 Å². The minimum atomic E-state index is -1.98. The van der Waals surface area contributed by atoms with Gasteiger partial charge >= 0.3 is 5.97 Å². The number of aliphatic hydroxyl groups excluding tert-OH is 5. The number of halogens is 3. The minimum absolute atomic E-state index is 0.00557. The lowest BCUT2D eigenvalue weighted by Gasteiger charge is -2.64. The molecule has 7 N–H and O–H groups in total. The number of fused-ring (bicyclic) bond motifs is 22. The fourth-order valence-corrected chi connectivity index (χ4v) is 31.9. The summed E-state index contributed by atoms with van der Waals surface area (Å²) in [5.41, 5.74) is -10.5. The third-order valence-electron chi connectivity index (χ3n) is 36.4. The monoisotopic (exact) mass is 1770 g/mol. The number of ether oxygens (including phenoxy) is 3. The van der Waals surface area contributed by atoms with Gasteiger partial charge < -0.3 is 54.4 Å². The smallest absolute Gasteiger partial charge is 0.375 e. The second kappa shape index (κ2) is 31.2. The van der Waals surface area contributed by atoms with Crippen LogP contribution in [0.15, 0.2) is 106 Å². The van der Waals surface area contributed by atoms with Gasteiger partial charge in [-0.15, -0.1) is 23.2 Å². The molecule has 676 valence electrons. The molecule has 22 nitrogen and oxygen atoms in total. The highest BCUT2D eigenvalue weighted by Gasteiger charge is 2.82. The van der Waals surface area contributed by atoms with Gasteiger partial charge in [0.15, 0.2) is 74.0 Å². The highest BCUT2D eigenvalue weighted by molar-refractivity contribution is 8.14. The molecule has 1 aromatic rings. The molecule has 0 radical (unpaired) electrons. The van der Waals surface area contributed by atoms with E-state index in [1.165, 1.54) is 36.1 Å². The van der Waals surface area contributed by atoms with Gasteiger partial charge in [0.1, 0.15) is 30.2 Å². The van der Waals surface area contributed by atoms with Crippen LogP contribution in [0.25, 0.3) is 0 Å². The van der Waals surface area contributed by atoms with Gasteiger partial charge in [-0.3, -0.25) is 47.9 Å². The van der Waals surface area contributed by atoms with Gasteiger partial charge in [-0.1, -0.05) is 128 Å². The van der Waals surface area contributed by atoms with Crippen LogP contribution in [0.5, 0.6) is 0 Å². The molecule has 0 amide bonds. The number of thioether (sulfide) groups is 1. The van der Waals surface area contributed by atoms with Crippen molar-refractivity contribution >= 4 is 98.1 Å². The summed E-state index contributed by atoms with van der Waals surface area (Å²) in [4.78, 5) is 138. The first-order chi connectivity index (χ1) is 57.7. The molecular weight excluding hydrogens is 1650 g/mol. The molecule has 1 aromatic heterocycles. The van der Waals surface area contributed by atoms with Gasteiger partial charge in [0, 0.05) is 73.9 Å². The normalized spacial score (nSPS) is 46.6. The Bertz CT molecular complexity index is 4900. The molecule has 124 heavy (non-hydrogen) atoms. The van der Waals surface area contributed by atoms with E-state index in [0.717, 1.165) is 67.0 Å². The number of carbonyl (C=O) groups excluding carboxylic acids is 11. The van der Waals surface area contributed by atoms with Crippen molar-refractivity contribution < 1.29 is 112 Å². The molecule has 1 saturated heterocycles. The number of hydrogen-bond acceptors (Lipinski definition) is 23. The Morgan fingerprint density at radius 3 is 1.77 bits per heavy atom. The number of esters is 1. The average molecular weight is 1780 g/mol. The highest BCUT2D eigenvalue weighted by Crippen LogP contribution is 2.76. The summed E-state index contributed by atoms with van der Waals surface area (Å²) in [5, 5.41) is 76.5. The van der Waals surface area contributed by atoms with Gasteiger partial charge in [-0.05, 0) is 244 Å². The summed E-state index contributed by atoms with van der Waals surface area (Å²) in [6.45, 7) is 25.1. The Balaban J connectivity index is 0.000000129. The van der Waals surface area contributed by atoms with Crippen LogP contribution in [-0.4, -0.2) is 187 Å². The Kier molecular flexibility index (Phi) is 23.3. The van der Waals surface area contributed by atoms with Crippen molar-refractivity contribution in [3.8, 4) is 0 Å². The van der Waals surface area contributed by atoms with Gasteiger partial charge in [0.05, 0.1) is 47.2 Å². The van der Waals surface area contributed by atoms with Crippen molar-refractivity contribution in [1.29, 1.82) is 0 Å². The number of carbonyl (C=O) groups is 11. The zero-order valence-corrected chi connectivity index (χ0v) is 76.3. The Labute approximate surface area is 739 Å². The number of ketones is 9. The fourth-order valence-electron chi connectivity index (χ4n) is 30.3. The van der Waals surface area contributed by atoms with Gasteiger partial charge in [0.25, 0.3) is 0 Å². The zero-order valence-electron chi connectivity index (χ0n) is 73.9. The average Bonchev–Trinajstić information content (AvgIpc) is 1.47. The molecule has 17 aliphatic rings. The first kappa shape index (κ1) is 92.8. The molecule has 13 fully saturated rings. The molecular formula is C98H125Cl2FO22S. The van der Waals surface area contributed by atoms with Gasteiger partial charge in [-0.2, -0.15) is 0 Å². The Morgan fingerprint density at radius 1 is 0.597 bits per heavy atom.